The molecule has 1 aliphatic rings. The van der Waals surface area contributed by atoms with E-state index in [1.54, 1.807) is 6.20 Å². The van der Waals surface area contributed by atoms with Crippen molar-refractivity contribution in [3.8, 4) is 17.1 Å². The van der Waals surface area contributed by atoms with Crippen LogP contribution in [0.1, 0.15) is 0 Å². The molecule has 0 bridgehead atoms. The molecule has 7 heteroatoms. The van der Waals surface area contributed by atoms with Crippen molar-refractivity contribution >= 4 is 5.82 Å². The number of pyridine rings is 1. The summed E-state index contributed by atoms with van der Waals surface area (Å²) < 4.78 is 11.0. The number of hydrogen-bond acceptors (Lipinski definition) is 7. The third-order valence-corrected chi connectivity index (χ3v) is 3.30. The predicted octanol–water partition coefficient (Wildman–Crippen LogP) is 0.685. The fourth-order valence-corrected chi connectivity index (χ4v) is 2.08. The molecule has 2 atom stereocenters. The number of ether oxygens (including phenoxy) is 2. The smallest absolute Gasteiger partial charge is 0.213 e. The maximum Gasteiger partial charge on any atom is 0.213 e. The molecule has 0 radical (unpaired) electrons. The van der Waals surface area contributed by atoms with Gasteiger partial charge in [0.05, 0.1) is 24.9 Å². The Labute approximate surface area is 122 Å². The van der Waals surface area contributed by atoms with E-state index in [0.717, 1.165) is 17.1 Å². The summed E-state index contributed by atoms with van der Waals surface area (Å²) in [4.78, 5) is 12.6. The van der Waals surface area contributed by atoms with Crippen LogP contribution in [0.25, 0.3) is 11.3 Å². The molecule has 3 heterocycles. The van der Waals surface area contributed by atoms with Crippen LogP contribution in [0.3, 0.4) is 0 Å². The average molecular weight is 287 g/mol. The highest BCUT2D eigenvalue weighted by atomic mass is 16.6. The monoisotopic (exact) mass is 287 g/mol. The lowest BCUT2D eigenvalue weighted by molar-refractivity contribution is 0.137. The van der Waals surface area contributed by atoms with Gasteiger partial charge >= 0.3 is 0 Å². The molecule has 0 aromatic carbocycles. The Bertz CT molecular complexity index is 605. The van der Waals surface area contributed by atoms with Crippen molar-refractivity contribution in [2.24, 2.45) is 5.73 Å². The maximum absolute atomic E-state index is 5.88. The van der Waals surface area contributed by atoms with Crippen molar-refractivity contribution in [2.45, 2.75) is 12.1 Å². The minimum Gasteiger partial charge on any atom is -0.470 e. The zero-order valence-corrected chi connectivity index (χ0v) is 11.7. The molecule has 0 spiro atoms. The molecular weight excluding hydrogens is 270 g/mol. The zero-order chi connectivity index (χ0) is 14.7. The van der Waals surface area contributed by atoms with Gasteiger partial charge in [0.25, 0.3) is 0 Å². The Hall–Kier alpha value is -2.25. The molecule has 1 saturated heterocycles. The Morgan fingerprint density at radius 2 is 2.19 bits per heavy atom. The molecule has 0 amide bonds. The Balaban J connectivity index is 1.74. The molecule has 1 aliphatic heterocycles. The number of nitrogens with zero attached hydrogens (tertiary/aromatic N) is 3. The number of hydrogen-bond donors (Lipinski definition) is 2. The van der Waals surface area contributed by atoms with Crippen LogP contribution in [0.15, 0.2) is 30.7 Å². The second-order valence-electron chi connectivity index (χ2n) is 4.78. The summed E-state index contributed by atoms with van der Waals surface area (Å²) in [6.45, 7) is 1.03. The summed E-state index contributed by atoms with van der Waals surface area (Å²) in [6.07, 6.45) is 3.09. The first-order chi connectivity index (χ1) is 10.3. The topological polar surface area (TPSA) is 95.2 Å². The standard InChI is InChI=1S/C14H17N5O2/c1-16-13-4-11(18-8-19-13)9-2-3-14(17-5-9)21-12-7-20-6-10(12)15/h2-5,8,10,12H,6-7,15H2,1H3,(H,16,18,19)/t10-,12-/m1/s1. The second-order valence-corrected chi connectivity index (χ2v) is 4.78. The quantitative estimate of drug-likeness (QED) is 0.854. The largest absolute Gasteiger partial charge is 0.470 e. The van der Waals surface area contributed by atoms with E-state index in [1.807, 2.05) is 25.2 Å². The van der Waals surface area contributed by atoms with E-state index in [9.17, 15) is 0 Å². The van der Waals surface area contributed by atoms with Crippen molar-refractivity contribution < 1.29 is 9.47 Å². The van der Waals surface area contributed by atoms with E-state index in [4.69, 9.17) is 15.2 Å². The van der Waals surface area contributed by atoms with Crippen molar-refractivity contribution in [3.63, 3.8) is 0 Å². The number of anilines is 1. The Morgan fingerprint density at radius 3 is 2.86 bits per heavy atom. The molecule has 0 aliphatic carbocycles. The summed E-state index contributed by atoms with van der Waals surface area (Å²) in [5.74, 6) is 1.29. The van der Waals surface area contributed by atoms with Crippen molar-refractivity contribution in [2.75, 3.05) is 25.6 Å². The first-order valence-corrected chi connectivity index (χ1v) is 6.72. The van der Waals surface area contributed by atoms with E-state index in [-0.39, 0.29) is 12.1 Å². The normalized spacial score (nSPS) is 21.2. The average Bonchev–Trinajstić information content (AvgIpc) is 2.93. The van der Waals surface area contributed by atoms with E-state index in [2.05, 4.69) is 20.3 Å². The molecule has 7 nitrogen and oxygen atoms in total. The third kappa shape index (κ3) is 3.09. The highest BCUT2D eigenvalue weighted by molar-refractivity contribution is 5.61. The summed E-state index contributed by atoms with van der Waals surface area (Å²) in [6, 6.07) is 5.47. The Morgan fingerprint density at radius 1 is 1.29 bits per heavy atom. The summed E-state index contributed by atoms with van der Waals surface area (Å²) in [5, 5.41) is 2.98. The molecule has 110 valence electrons. The van der Waals surface area contributed by atoms with Crippen molar-refractivity contribution in [3.05, 3.63) is 30.7 Å². The van der Waals surface area contributed by atoms with Gasteiger partial charge in [0.1, 0.15) is 18.2 Å². The molecule has 3 rings (SSSR count). The maximum atomic E-state index is 5.88. The van der Waals surface area contributed by atoms with E-state index in [1.165, 1.54) is 6.33 Å². The van der Waals surface area contributed by atoms with Gasteiger partial charge in [-0.25, -0.2) is 15.0 Å². The van der Waals surface area contributed by atoms with Gasteiger partial charge in [-0.05, 0) is 6.07 Å². The highest BCUT2D eigenvalue weighted by Crippen LogP contribution is 2.21. The number of nitrogens with one attached hydrogen (secondary N) is 1. The van der Waals surface area contributed by atoms with Gasteiger partial charge in [-0.3, -0.25) is 0 Å². The molecule has 0 saturated carbocycles. The van der Waals surface area contributed by atoms with Crippen LogP contribution >= 0.6 is 0 Å². The van der Waals surface area contributed by atoms with Crippen molar-refractivity contribution in [1.82, 2.24) is 15.0 Å². The van der Waals surface area contributed by atoms with E-state index >= 15 is 0 Å². The van der Waals surface area contributed by atoms with Crippen LogP contribution in [-0.2, 0) is 4.74 Å². The molecule has 21 heavy (non-hydrogen) atoms. The summed E-state index contributed by atoms with van der Waals surface area (Å²) in [5.41, 5.74) is 7.57. The summed E-state index contributed by atoms with van der Waals surface area (Å²) in [7, 11) is 1.81. The zero-order valence-electron chi connectivity index (χ0n) is 11.7. The van der Waals surface area contributed by atoms with Crippen LogP contribution in [0.4, 0.5) is 5.82 Å². The van der Waals surface area contributed by atoms with Crippen LogP contribution in [-0.4, -0.2) is 47.4 Å². The van der Waals surface area contributed by atoms with E-state index in [0.29, 0.717) is 19.1 Å². The van der Waals surface area contributed by atoms with Gasteiger partial charge in [0, 0.05) is 30.9 Å². The molecular formula is C14H17N5O2. The summed E-state index contributed by atoms with van der Waals surface area (Å²) >= 11 is 0. The van der Waals surface area contributed by atoms with Crippen LogP contribution in [0.2, 0.25) is 0 Å². The van der Waals surface area contributed by atoms with Crippen LogP contribution in [0.5, 0.6) is 5.88 Å². The first-order valence-electron chi connectivity index (χ1n) is 6.72. The number of aromatic nitrogens is 3. The van der Waals surface area contributed by atoms with Gasteiger partial charge in [0.2, 0.25) is 5.88 Å². The van der Waals surface area contributed by atoms with Gasteiger partial charge in [-0.2, -0.15) is 0 Å². The minimum atomic E-state index is -0.140. The van der Waals surface area contributed by atoms with Crippen LogP contribution < -0.4 is 15.8 Å². The predicted molar refractivity (Wildman–Crippen MR) is 78.0 cm³/mol. The third-order valence-electron chi connectivity index (χ3n) is 3.30. The van der Waals surface area contributed by atoms with Gasteiger partial charge in [-0.15, -0.1) is 0 Å². The number of rotatable bonds is 4. The van der Waals surface area contributed by atoms with Crippen LogP contribution in [0, 0.1) is 0 Å². The first kappa shape index (κ1) is 13.7. The Kier molecular flexibility index (Phi) is 3.94. The molecule has 3 N–H and O–H groups in total. The molecule has 2 aromatic rings. The van der Waals surface area contributed by atoms with Gasteiger partial charge < -0.3 is 20.5 Å². The lowest BCUT2D eigenvalue weighted by atomic mass is 10.2. The number of nitrogens with two attached hydrogens (primary N) is 1. The fraction of sp³-hybridized carbons (Fsp3) is 0.357. The minimum absolute atomic E-state index is 0.105. The molecule has 2 aromatic heterocycles. The fourth-order valence-electron chi connectivity index (χ4n) is 2.08. The second kappa shape index (κ2) is 6.02. The van der Waals surface area contributed by atoms with Gasteiger partial charge in [-0.1, -0.05) is 0 Å². The SMILES string of the molecule is CNc1cc(-c2ccc(O[C@@H]3COC[C@H]3N)nc2)ncn1. The van der Waals surface area contributed by atoms with Crippen molar-refractivity contribution in [1.29, 1.82) is 0 Å². The lowest BCUT2D eigenvalue weighted by Crippen LogP contribution is -2.37. The molecule has 0 unspecified atom stereocenters. The lowest BCUT2D eigenvalue weighted by Gasteiger charge is -2.15. The van der Waals surface area contributed by atoms with Gasteiger partial charge in [0.15, 0.2) is 0 Å². The highest BCUT2D eigenvalue weighted by Gasteiger charge is 2.26. The molecule has 1 fully saturated rings. The van der Waals surface area contributed by atoms with E-state index < -0.39 is 0 Å².